The zero-order chi connectivity index (χ0) is 14.6. The molecule has 0 aliphatic heterocycles. The van der Waals surface area contributed by atoms with E-state index in [0.29, 0.717) is 17.6 Å². The summed E-state index contributed by atoms with van der Waals surface area (Å²) in [5.74, 6) is -0.352. The number of nitro benzene ring substituents is 1. The zero-order valence-electron chi connectivity index (χ0n) is 11.1. The van der Waals surface area contributed by atoms with E-state index in [1.807, 2.05) is 19.0 Å². The van der Waals surface area contributed by atoms with Gasteiger partial charge in [0, 0.05) is 30.7 Å². The Kier molecular flexibility index (Phi) is 5.44. The highest BCUT2D eigenvalue weighted by Gasteiger charge is 2.23. The van der Waals surface area contributed by atoms with Crippen LogP contribution in [0.1, 0.15) is 10.4 Å². The molecule has 0 spiro atoms. The summed E-state index contributed by atoms with van der Waals surface area (Å²) in [5, 5.41) is 10.9. The lowest BCUT2D eigenvalue weighted by Crippen LogP contribution is -2.33. The van der Waals surface area contributed by atoms with Crippen LogP contribution >= 0.6 is 15.9 Å². The van der Waals surface area contributed by atoms with Crippen molar-refractivity contribution < 1.29 is 9.72 Å². The van der Waals surface area contributed by atoms with Crippen LogP contribution in [0.5, 0.6) is 0 Å². The summed E-state index contributed by atoms with van der Waals surface area (Å²) < 4.78 is 0.641. The minimum absolute atomic E-state index is 0.0978. The number of nitrogens with zero attached hydrogens (tertiary/aromatic N) is 3. The van der Waals surface area contributed by atoms with Crippen molar-refractivity contribution in [3.63, 3.8) is 0 Å². The van der Waals surface area contributed by atoms with Gasteiger partial charge in [0.25, 0.3) is 11.6 Å². The van der Waals surface area contributed by atoms with E-state index in [2.05, 4.69) is 15.9 Å². The number of hydrogen-bond acceptors (Lipinski definition) is 4. The van der Waals surface area contributed by atoms with Gasteiger partial charge in [0.05, 0.1) is 4.92 Å². The Balaban J connectivity index is 2.98. The molecule has 0 aliphatic carbocycles. The molecule has 0 bridgehead atoms. The maximum atomic E-state index is 12.2. The monoisotopic (exact) mass is 329 g/mol. The number of halogens is 1. The first-order valence-electron chi connectivity index (χ1n) is 5.67. The quantitative estimate of drug-likeness (QED) is 0.612. The molecule has 6 nitrogen and oxygen atoms in total. The fraction of sp³-hybridized carbons (Fsp3) is 0.417. The van der Waals surface area contributed by atoms with Gasteiger partial charge in [-0.1, -0.05) is 15.9 Å². The van der Waals surface area contributed by atoms with Crippen molar-refractivity contribution in [2.75, 3.05) is 34.2 Å². The summed E-state index contributed by atoms with van der Waals surface area (Å²) in [6.45, 7) is 1.21. The molecule has 0 unspecified atom stereocenters. The lowest BCUT2D eigenvalue weighted by atomic mass is 10.1. The predicted molar refractivity (Wildman–Crippen MR) is 76.3 cm³/mol. The van der Waals surface area contributed by atoms with Gasteiger partial charge in [0.2, 0.25) is 0 Å². The van der Waals surface area contributed by atoms with E-state index in [0.717, 1.165) is 0 Å². The highest BCUT2D eigenvalue weighted by atomic mass is 79.9. The van der Waals surface area contributed by atoms with Crippen LogP contribution < -0.4 is 0 Å². The number of rotatable bonds is 5. The van der Waals surface area contributed by atoms with Gasteiger partial charge in [-0.15, -0.1) is 0 Å². The van der Waals surface area contributed by atoms with Gasteiger partial charge in [0.1, 0.15) is 5.56 Å². The van der Waals surface area contributed by atoms with Crippen LogP contribution in [0.15, 0.2) is 22.7 Å². The Morgan fingerprint density at radius 2 is 1.95 bits per heavy atom. The Morgan fingerprint density at radius 3 is 2.47 bits per heavy atom. The van der Waals surface area contributed by atoms with E-state index in [9.17, 15) is 14.9 Å². The molecule has 1 amide bonds. The van der Waals surface area contributed by atoms with Crippen LogP contribution in [0.3, 0.4) is 0 Å². The molecule has 0 aliphatic rings. The summed E-state index contributed by atoms with van der Waals surface area (Å²) in [6.07, 6.45) is 0. The number of carbonyl (C=O) groups is 1. The number of hydrogen-bond donors (Lipinski definition) is 0. The fourth-order valence-electron chi connectivity index (χ4n) is 1.50. The van der Waals surface area contributed by atoms with E-state index in [-0.39, 0.29) is 17.2 Å². The Labute approximate surface area is 120 Å². The van der Waals surface area contributed by atoms with Gasteiger partial charge in [-0.25, -0.2) is 0 Å². The molecule has 0 radical (unpaired) electrons. The predicted octanol–water partition coefficient (Wildman–Crippen LogP) is 1.99. The highest BCUT2D eigenvalue weighted by Crippen LogP contribution is 2.24. The topological polar surface area (TPSA) is 66.7 Å². The molecular weight excluding hydrogens is 314 g/mol. The van der Waals surface area contributed by atoms with Crippen molar-refractivity contribution >= 4 is 27.5 Å². The molecule has 0 N–H and O–H groups in total. The SMILES string of the molecule is CN(C)CCN(C)C(=O)c1cc(Br)ccc1[N+](=O)[O-]. The van der Waals surface area contributed by atoms with E-state index in [1.54, 1.807) is 13.1 Å². The van der Waals surface area contributed by atoms with Gasteiger partial charge < -0.3 is 9.80 Å². The molecule has 104 valence electrons. The molecule has 0 fully saturated rings. The molecule has 1 rings (SSSR count). The normalized spacial score (nSPS) is 10.6. The summed E-state index contributed by atoms with van der Waals surface area (Å²) in [5.41, 5.74) is -0.0782. The third-order valence-electron chi connectivity index (χ3n) is 2.62. The molecule has 0 atom stereocenters. The third-order valence-corrected chi connectivity index (χ3v) is 3.11. The van der Waals surface area contributed by atoms with Crippen LogP contribution in [0.25, 0.3) is 0 Å². The van der Waals surface area contributed by atoms with Crippen LogP contribution in [-0.4, -0.2) is 54.9 Å². The van der Waals surface area contributed by atoms with E-state index >= 15 is 0 Å². The number of amides is 1. The molecule has 0 saturated carbocycles. The molecule has 7 heteroatoms. The largest absolute Gasteiger partial charge is 0.340 e. The molecule has 1 aromatic rings. The summed E-state index contributed by atoms with van der Waals surface area (Å²) >= 11 is 3.22. The van der Waals surface area contributed by atoms with E-state index in [4.69, 9.17) is 0 Å². The van der Waals surface area contributed by atoms with Crippen molar-refractivity contribution in [2.24, 2.45) is 0 Å². The second kappa shape index (κ2) is 6.63. The van der Waals surface area contributed by atoms with Crippen molar-refractivity contribution in [2.45, 2.75) is 0 Å². The van der Waals surface area contributed by atoms with Gasteiger partial charge in [-0.3, -0.25) is 14.9 Å². The average molecular weight is 330 g/mol. The van der Waals surface area contributed by atoms with Gasteiger partial charge in [-0.2, -0.15) is 0 Å². The maximum Gasteiger partial charge on any atom is 0.282 e. The van der Waals surface area contributed by atoms with E-state index < -0.39 is 4.92 Å². The van der Waals surface area contributed by atoms with Crippen molar-refractivity contribution in [1.29, 1.82) is 0 Å². The van der Waals surface area contributed by atoms with Gasteiger partial charge >= 0.3 is 0 Å². The first-order chi connectivity index (χ1) is 8.82. The number of carbonyl (C=O) groups excluding carboxylic acids is 1. The lowest BCUT2D eigenvalue weighted by molar-refractivity contribution is -0.385. The summed E-state index contributed by atoms with van der Waals surface area (Å²) in [7, 11) is 5.44. The Bertz CT molecular complexity index is 491. The average Bonchev–Trinajstić information content (AvgIpc) is 2.34. The van der Waals surface area contributed by atoms with Crippen LogP contribution in [0.4, 0.5) is 5.69 Å². The first-order valence-corrected chi connectivity index (χ1v) is 6.46. The summed E-state index contributed by atoms with van der Waals surface area (Å²) in [4.78, 5) is 26.0. The third kappa shape index (κ3) is 4.29. The van der Waals surface area contributed by atoms with Crippen molar-refractivity contribution in [1.82, 2.24) is 9.80 Å². The maximum absolute atomic E-state index is 12.2. The second-order valence-corrected chi connectivity index (χ2v) is 5.36. The van der Waals surface area contributed by atoms with Gasteiger partial charge in [0.15, 0.2) is 0 Å². The molecule has 0 aromatic heterocycles. The zero-order valence-corrected chi connectivity index (χ0v) is 12.7. The number of nitro groups is 1. The van der Waals surface area contributed by atoms with Crippen LogP contribution in [0, 0.1) is 10.1 Å². The smallest absolute Gasteiger partial charge is 0.282 e. The standard InChI is InChI=1S/C12H16BrN3O3/c1-14(2)6-7-15(3)12(17)10-8-9(13)4-5-11(10)16(18)19/h4-5,8H,6-7H2,1-3H3. The Hall–Kier alpha value is -1.47. The molecular formula is C12H16BrN3O3. The van der Waals surface area contributed by atoms with Crippen molar-refractivity contribution in [3.05, 3.63) is 38.3 Å². The number of likely N-dealkylation sites (N-methyl/N-ethyl adjacent to an activating group) is 2. The molecule has 1 aromatic carbocycles. The number of benzene rings is 1. The van der Waals surface area contributed by atoms with Crippen molar-refractivity contribution in [3.8, 4) is 0 Å². The minimum atomic E-state index is -0.542. The van der Waals surface area contributed by atoms with Crippen LogP contribution in [-0.2, 0) is 0 Å². The molecule has 0 saturated heterocycles. The second-order valence-electron chi connectivity index (χ2n) is 4.45. The molecule has 0 heterocycles. The first kappa shape index (κ1) is 15.6. The summed E-state index contributed by atoms with van der Waals surface area (Å²) in [6, 6.07) is 4.36. The highest BCUT2D eigenvalue weighted by molar-refractivity contribution is 9.10. The van der Waals surface area contributed by atoms with E-state index in [1.165, 1.54) is 17.0 Å². The minimum Gasteiger partial charge on any atom is -0.340 e. The van der Waals surface area contributed by atoms with Gasteiger partial charge in [-0.05, 0) is 26.2 Å². The lowest BCUT2D eigenvalue weighted by Gasteiger charge is -2.19. The van der Waals surface area contributed by atoms with Crippen LogP contribution in [0.2, 0.25) is 0 Å². The fourth-order valence-corrected chi connectivity index (χ4v) is 1.86. The molecule has 19 heavy (non-hydrogen) atoms. The Morgan fingerprint density at radius 1 is 1.32 bits per heavy atom.